The van der Waals surface area contributed by atoms with Crippen LogP contribution in [0.5, 0.6) is 0 Å². The smallest absolute Gasteiger partial charge is 0.193 e. The molecule has 0 saturated carbocycles. The average molecular weight is 534 g/mol. The predicted molar refractivity (Wildman–Crippen MR) is 127 cm³/mol. The molecule has 1 N–H and O–H groups in total. The second-order valence-electron chi connectivity index (χ2n) is 7.23. The van der Waals surface area contributed by atoms with Gasteiger partial charge >= 0.3 is 0 Å². The number of halogens is 1. The second-order valence-corrected chi connectivity index (χ2v) is 10.8. The Morgan fingerprint density at radius 3 is 2.68 bits per heavy atom. The van der Waals surface area contributed by atoms with Crippen LogP contribution in [-0.2, 0) is 16.3 Å². The summed E-state index contributed by atoms with van der Waals surface area (Å²) in [6, 6.07) is 10.2. The number of rotatable bonds is 4. The van der Waals surface area contributed by atoms with Crippen LogP contribution in [0, 0.1) is 0 Å². The van der Waals surface area contributed by atoms with Crippen molar-refractivity contribution in [2.75, 3.05) is 32.4 Å². The first-order valence-corrected chi connectivity index (χ1v) is 11.5. The third-order valence-corrected chi connectivity index (χ3v) is 8.26. The van der Waals surface area contributed by atoms with Crippen molar-refractivity contribution in [3.05, 3.63) is 41.4 Å². The van der Waals surface area contributed by atoms with Gasteiger partial charge < -0.3 is 10.2 Å². The van der Waals surface area contributed by atoms with Gasteiger partial charge in [-0.1, -0.05) is 30.3 Å². The van der Waals surface area contributed by atoms with Gasteiger partial charge in [-0.3, -0.25) is 4.99 Å². The summed E-state index contributed by atoms with van der Waals surface area (Å²) < 4.78 is 23.6. The molecule has 0 unspecified atom stereocenters. The number of nitrogens with one attached hydrogen (secondary N) is 1. The highest BCUT2D eigenvalue weighted by Crippen LogP contribution is 2.24. The molecule has 2 heterocycles. The van der Waals surface area contributed by atoms with E-state index in [0.717, 1.165) is 28.6 Å². The van der Waals surface area contributed by atoms with Crippen molar-refractivity contribution in [3.8, 4) is 10.6 Å². The quantitative estimate of drug-likeness (QED) is 0.371. The standard InChI is InChI=1S/C19H26N4O2S2.HI/c1-19(2)14-23(11-12-27(19,24)25)18(20-3)21-10-9-16-13-26-17(22-16)15-7-5-4-6-8-15;/h4-8,13H,9-12,14H2,1-3H3,(H,20,21);1H. The molecule has 1 aliphatic heterocycles. The molecule has 154 valence electrons. The molecule has 3 rings (SSSR count). The topological polar surface area (TPSA) is 74.7 Å². The number of sulfone groups is 1. The number of aliphatic imine (C=N–C) groups is 1. The van der Waals surface area contributed by atoms with Gasteiger partial charge in [0.2, 0.25) is 0 Å². The van der Waals surface area contributed by atoms with Crippen molar-refractivity contribution >= 4 is 51.1 Å². The van der Waals surface area contributed by atoms with Crippen molar-refractivity contribution in [1.29, 1.82) is 0 Å². The Morgan fingerprint density at radius 2 is 2.04 bits per heavy atom. The maximum atomic E-state index is 12.2. The molecule has 1 aliphatic rings. The molecule has 0 bridgehead atoms. The lowest BCUT2D eigenvalue weighted by molar-refractivity contribution is 0.353. The van der Waals surface area contributed by atoms with Crippen molar-refractivity contribution in [2.45, 2.75) is 25.0 Å². The fraction of sp³-hybridized carbons (Fsp3) is 0.474. The van der Waals surface area contributed by atoms with Crippen molar-refractivity contribution in [2.24, 2.45) is 4.99 Å². The summed E-state index contributed by atoms with van der Waals surface area (Å²) in [6.07, 6.45) is 0.790. The molecule has 2 aromatic rings. The van der Waals surface area contributed by atoms with E-state index >= 15 is 0 Å². The van der Waals surface area contributed by atoms with Crippen LogP contribution >= 0.6 is 35.3 Å². The minimum atomic E-state index is -3.06. The molecule has 28 heavy (non-hydrogen) atoms. The Bertz CT molecular complexity index is 911. The molecule has 0 atom stereocenters. The van der Waals surface area contributed by atoms with E-state index in [1.54, 1.807) is 32.2 Å². The summed E-state index contributed by atoms with van der Waals surface area (Å²) in [5, 5.41) is 6.46. The molecule has 1 aromatic heterocycles. The van der Waals surface area contributed by atoms with E-state index in [2.05, 4.69) is 27.8 Å². The van der Waals surface area contributed by atoms with E-state index in [1.807, 2.05) is 23.1 Å². The summed E-state index contributed by atoms with van der Waals surface area (Å²) in [6.45, 7) is 5.18. The minimum absolute atomic E-state index is 0. The van der Waals surface area contributed by atoms with Crippen molar-refractivity contribution in [3.63, 3.8) is 0 Å². The van der Waals surface area contributed by atoms with Gasteiger partial charge in [0, 0.05) is 44.0 Å². The van der Waals surface area contributed by atoms with Crippen molar-refractivity contribution in [1.82, 2.24) is 15.2 Å². The lowest BCUT2D eigenvalue weighted by Crippen LogP contribution is -2.57. The second kappa shape index (κ2) is 9.53. The summed E-state index contributed by atoms with van der Waals surface area (Å²) >= 11 is 1.65. The third-order valence-electron chi connectivity index (χ3n) is 4.79. The lowest BCUT2D eigenvalue weighted by atomic mass is 10.2. The molecule has 9 heteroatoms. The van der Waals surface area contributed by atoms with E-state index in [1.165, 1.54) is 0 Å². The molecule has 6 nitrogen and oxygen atoms in total. The van der Waals surface area contributed by atoms with Gasteiger partial charge in [-0.2, -0.15) is 0 Å². The van der Waals surface area contributed by atoms with Gasteiger partial charge in [0.25, 0.3) is 0 Å². The van der Waals surface area contributed by atoms with Gasteiger partial charge in [-0.15, -0.1) is 35.3 Å². The average Bonchev–Trinajstić information content (AvgIpc) is 3.11. The van der Waals surface area contributed by atoms with Gasteiger partial charge in [-0.05, 0) is 13.8 Å². The predicted octanol–water partition coefficient (Wildman–Crippen LogP) is 3.06. The van der Waals surface area contributed by atoms with Gasteiger partial charge in [0.1, 0.15) is 5.01 Å². The van der Waals surface area contributed by atoms with Crippen LogP contribution in [0.1, 0.15) is 19.5 Å². The first-order chi connectivity index (χ1) is 12.8. The highest BCUT2D eigenvalue weighted by atomic mass is 127. The first kappa shape index (κ1) is 23.1. The highest BCUT2D eigenvalue weighted by molar-refractivity contribution is 14.0. The van der Waals surface area contributed by atoms with Gasteiger partial charge in [-0.25, -0.2) is 13.4 Å². The molecule has 0 aliphatic carbocycles. The molecule has 0 spiro atoms. The van der Waals surface area contributed by atoms with Crippen LogP contribution in [0.15, 0.2) is 40.7 Å². The Hall–Kier alpha value is -1.20. The number of hydrogen-bond acceptors (Lipinski definition) is 5. The van der Waals surface area contributed by atoms with Crippen molar-refractivity contribution < 1.29 is 8.42 Å². The Balaban J connectivity index is 0.00000280. The molecule has 1 aromatic carbocycles. The Morgan fingerprint density at radius 1 is 1.32 bits per heavy atom. The van der Waals surface area contributed by atoms with Crippen LogP contribution in [0.4, 0.5) is 0 Å². The van der Waals surface area contributed by atoms with Gasteiger partial charge in [0.15, 0.2) is 15.8 Å². The maximum absolute atomic E-state index is 12.2. The molecule has 1 saturated heterocycles. The lowest BCUT2D eigenvalue weighted by Gasteiger charge is -2.39. The minimum Gasteiger partial charge on any atom is -0.356 e. The Kier molecular flexibility index (Phi) is 7.86. The summed E-state index contributed by atoms with van der Waals surface area (Å²) in [4.78, 5) is 11.1. The zero-order valence-corrected chi connectivity index (χ0v) is 20.3. The van der Waals surface area contributed by atoms with Crippen LogP contribution in [0.3, 0.4) is 0 Å². The Labute approximate surface area is 188 Å². The number of nitrogens with zero attached hydrogens (tertiary/aromatic N) is 3. The van der Waals surface area contributed by atoms with E-state index in [4.69, 9.17) is 4.98 Å². The van der Waals surface area contributed by atoms with Crippen LogP contribution in [0.2, 0.25) is 0 Å². The first-order valence-electron chi connectivity index (χ1n) is 9.00. The third kappa shape index (κ3) is 5.24. The summed E-state index contributed by atoms with van der Waals surface area (Å²) in [5.41, 5.74) is 2.18. The van der Waals surface area contributed by atoms with Crippen LogP contribution in [0.25, 0.3) is 10.6 Å². The SMILES string of the molecule is CN=C(NCCc1csc(-c2ccccc2)n1)N1CCS(=O)(=O)C(C)(C)C1.I. The fourth-order valence-corrected chi connectivity index (χ4v) is 5.32. The van der Waals surface area contributed by atoms with E-state index in [-0.39, 0.29) is 29.7 Å². The molecular weight excluding hydrogens is 507 g/mol. The number of hydrogen-bond donors (Lipinski definition) is 1. The van der Waals surface area contributed by atoms with Crippen LogP contribution < -0.4 is 5.32 Å². The number of benzene rings is 1. The maximum Gasteiger partial charge on any atom is 0.193 e. The van der Waals surface area contributed by atoms with Gasteiger partial charge in [0.05, 0.1) is 16.2 Å². The summed E-state index contributed by atoms with van der Waals surface area (Å²) in [7, 11) is -1.32. The number of aromatic nitrogens is 1. The number of guanidine groups is 1. The zero-order valence-electron chi connectivity index (χ0n) is 16.4. The molecular formula is C19H27IN4O2S2. The largest absolute Gasteiger partial charge is 0.356 e. The van der Waals surface area contributed by atoms with E-state index < -0.39 is 14.6 Å². The van der Waals surface area contributed by atoms with E-state index in [9.17, 15) is 8.42 Å². The molecule has 0 amide bonds. The highest BCUT2D eigenvalue weighted by Gasteiger charge is 2.40. The normalized spacial score (nSPS) is 18.4. The number of thiazole rings is 1. The molecule has 1 fully saturated rings. The summed E-state index contributed by atoms with van der Waals surface area (Å²) in [5.74, 6) is 0.907. The van der Waals surface area contributed by atoms with E-state index in [0.29, 0.717) is 19.6 Å². The van der Waals surface area contributed by atoms with Crippen LogP contribution in [-0.4, -0.2) is 61.4 Å². The monoisotopic (exact) mass is 534 g/mol. The molecule has 0 radical (unpaired) electrons. The fourth-order valence-electron chi connectivity index (χ4n) is 3.09. The zero-order chi connectivity index (χ0) is 19.5.